The summed E-state index contributed by atoms with van der Waals surface area (Å²) in [5, 5.41) is 12.6. The van der Waals surface area contributed by atoms with E-state index in [1.165, 1.54) is 19.2 Å². The van der Waals surface area contributed by atoms with Gasteiger partial charge in [0.2, 0.25) is 0 Å². The molecule has 0 aliphatic carbocycles. The number of halogens is 1. The van der Waals surface area contributed by atoms with Crippen LogP contribution in [0.1, 0.15) is 15.2 Å². The number of nitrogens with one attached hydrogen (secondary N) is 2. The number of H-pyrrole nitrogens is 1. The number of aromatic hydroxyl groups is 1. The molecule has 1 aromatic carbocycles. The van der Waals surface area contributed by atoms with E-state index >= 15 is 0 Å². The predicted molar refractivity (Wildman–Crippen MR) is 90.5 cm³/mol. The molecule has 23 heavy (non-hydrogen) atoms. The van der Waals surface area contributed by atoms with Gasteiger partial charge in [0, 0.05) is 12.6 Å². The second-order valence-electron chi connectivity index (χ2n) is 4.90. The van der Waals surface area contributed by atoms with Gasteiger partial charge >= 0.3 is 0 Å². The first-order chi connectivity index (χ1) is 10.9. The van der Waals surface area contributed by atoms with Crippen molar-refractivity contribution in [3.05, 3.63) is 44.0 Å². The number of carbonyl (C=O) groups is 1. The molecule has 0 saturated carbocycles. The highest BCUT2D eigenvalue weighted by Gasteiger charge is 2.19. The third kappa shape index (κ3) is 2.58. The number of amides is 1. The maximum absolute atomic E-state index is 12.4. The van der Waals surface area contributed by atoms with Crippen molar-refractivity contribution in [3.63, 3.8) is 0 Å². The zero-order valence-electron chi connectivity index (χ0n) is 12.2. The van der Waals surface area contributed by atoms with E-state index in [1.807, 2.05) is 0 Å². The molecule has 2 aromatic heterocycles. The summed E-state index contributed by atoms with van der Waals surface area (Å²) >= 11 is 7.05. The minimum absolute atomic E-state index is 0.0484. The Bertz CT molecular complexity index is 994. The first kappa shape index (κ1) is 15.5. The maximum atomic E-state index is 12.4. The number of hydrogen-bond donors (Lipinski definition) is 3. The minimum Gasteiger partial charge on any atom is -0.506 e. The second kappa shape index (κ2) is 5.68. The Morgan fingerprint density at radius 3 is 2.83 bits per heavy atom. The number of thiophene rings is 1. The zero-order chi connectivity index (χ0) is 16.7. The van der Waals surface area contributed by atoms with Crippen LogP contribution in [0.2, 0.25) is 5.02 Å². The molecule has 0 atom stereocenters. The third-order valence-corrected chi connectivity index (χ3v) is 4.94. The van der Waals surface area contributed by atoms with Gasteiger partial charge in [0.1, 0.15) is 16.4 Å². The third-order valence-electron chi connectivity index (χ3n) is 3.45. The number of fused-ring (bicyclic) bond motifs is 1. The van der Waals surface area contributed by atoms with Crippen LogP contribution < -0.4 is 10.9 Å². The van der Waals surface area contributed by atoms with Crippen LogP contribution in [0.3, 0.4) is 0 Å². The van der Waals surface area contributed by atoms with E-state index < -0.39 is 0 Å². The molecule has 0 fully saturated rings. The van der Waals surface area contributed by atoms with Crippen LogP contribution in [0.4, 0.5) is 0 Å². The van der Waals surface area contributed by atoms with Crippen molar-refractivity contribution in [2.75, 3.05) is 7.05 Å². The molecule has 0 bridgehead atoms. The van der Waals surface area contributed by atoms with Crippen molar-refractivity contribution in [1.29, 1.82) is 0 Å². The number of aryl methyl sites for hydroxylation is 1. The van der Waals surface area contributed by atoms with Crippen LogP contribution in [-0.2, 0) is 0 Å². The van der Waals surface area contributed by atoms with Crippen molar-refractivity contribution in [3.8, 4) is 17.1 Å². The molecule has 8 heteroatoms. The van der Waals surface area contributed by atoms with Gasteiger partial charge < -0.3 is 15.4 Å². The summed E-state index contributed by atoms with van der Waals surface area (Å²) in [6.45, 7) is 1.72. The highest BCUT2D eigenvalue weighted by molar-refractivity contribution is 7.20. The summed E-state index contributed by atoms with van der Waals surface area (Å²) in [5.41, 5.74) is 0.853. The summed E-state index contributed by atoms with van der Waals surface area (Å²) in [6.07, 6.45) is 0. The molecular weight excluding hydrogens is 338 g/mol. The molecular formula is C15H12ClN3O3S. The number of phenols is 1. The van der Waals surface area contributed by atoms with Crippen LogP contribution in [0.5, 0.6) is 5.75 Å². The van der Waals surface area contributed by atoms with Crippen LogP contribution in [0, 0.1) is 6.92 Å². The van der Waals surface area contributed by atoms with E-state index in [4.69, 9.17) is 11.6 Å². The normalized spacial score (nSPS) is 10.9. The molecule has 118 valence electrons. The number of phenolic OH excluding ortho intramolecular Hbond substituents is 1. The lowest BCUT2D eigenvalue weighted by atomic mass is 10.2. The van der Waals surface area contributed by atoms with Gasteiger partial charge in [0.05, 0.1) is 15.3 Å². The highest BCUT2D eigenvalue weighted by Crippen LogP contribution is 2.30. The molecule has 0 aliphatic rings. The van der Waals surface area contributed by atoms with Crippen molar-refractivity contribution in [2.45, 2.75) is 6.92 Å². The minimum atomic E-state index is -0.321. The average molecular weight is 350 g/mol. The van der Waals surface area contributed by atoms with Crippen LogP contribution >= 0.6 is 22.9 Å². The molecule has 0 unspecified atom stereocenters. The van der Waals surface area contributed by atoms with E-state index in [2.05, 4.69) is 15.3 Å². The molecule has 0 aliphatic heterocycles. The van der Waals surface area contributed by atoms with Gasteiger partial charge in [0.15, 0.2) is 0 Å². The second-order valence-corrected chi connectivity index (χ2v) is 6.30. The monoisotopic (exact) mass is 349 g/mol. The Kier molecular flexibility index (Phi) is 3.83. The Morgan fingerprint density at radius 2 is 2.17 bits per heavy atom. The van der Waals surface area contributed by atoms with Crippen molar-refractivity contribution in [2.24, 2.45) is 0 Å². The molecule has 3 aromatic rings. The number of aromatic amines is 1. The molecule has 0 spiro atoms. The molecule has 0 radical (unpaired) electrons. The van der Waals surface area contributed by atoms with E-state index in [0.29, 0.717) is 32.0 Å². The number of rotatable bonds is 2. The fourth-order valence-electron chi connectivity index (χ4n) is 2.26. The number of nitrogens with zero attached hydrogens (tertiary/aromatic N) is 1. The van der Waals surface area contributed by atoms with Crippen LogP contribution in [0.25, 0.3) is 21.6 Å². The van der Waals surface area contributed by atoms with Gasteiger partial charge in [-0.2, -0.15) is 0 Å². The Morgan fingerprint density at radius 1 is 1.43 bits per heavy atom. The largest absolute Gasteiger partial charge is 0.506 e. The first-order valence-corrected chi connectivity index (χ1v) is 7.86. The Hall–Kier alpha value is -2.38. The van der Waals surface area contributed by atoms with Crippen molar-refractivity contribution < 1.29 is 9.90 Å². The maximum Gasteiger partial charge on any atom is 0.261 e. The smallest absolute Gasteiger partial charge is 0.261 e. The van der Waals surface area contributed by atoms with E-state index in [1.54, 1.807) is 13.0 Å². The van der Waals surface area contributed by atoms with Crippen LogP contribution in [0.15, 0.2) is 23.0 Å². The molecule has 6 nitrogen and oxygen atoms in total. The summed E-state index contributed by atoms with van der Waals surface area (Å²) < 4.78 is 0. The van der Waals surface area contributed by atoms with Crippen LogP contribution in [-0.4, -0.2) is 28.0 Å². The lowest BCUT2D eigenvalue weighted by Crippen LogP contribution is -2.17. The number of carbonyl (C=O) groups excluding carboxylic acids is 1. The fourth-order valence-corrected chi connectivity index (χ4v) is 3.57. The molecule has 3 rings (SSSR count). The van der Waals surface area contributed by atoms with Gasteiger partial charge in [-0.1, -0.05) is 11.6 Å². The quantitative estimate of drug-likeness (QED) is 0.662. The summed E-state index contributed by atoms with van der Waals surface area (Å²) in [6, 6.07) is 4.55. The van der Waals surface area contributed by atoms with E-state index in [-0.39, 0.29) is 22.2 Å². The first-order valence-electron chi connectivity index (χ1n) is 6.66. The topological polar surface area (TPSA) is 95.1 Å². The van der Waals surface area contributed by atoms with Gasteiger partial charge in [-0.15, -0.1) is 11.3 Å². The zero-order valence-corrected chi connectivity index (χ0v) is 13.8. The summed E-state index contributed by atoms with van der Waals surface area (Å²) in [7, 11) is 1.54. The molecule has 2 heterocycles. The standard InChI is InChI=1S/C15H12ClN3O3S/c1-6-10-13(21)18-12(7-3-4-9(20)8(16)5-7)19-15(10)23-11(6)14(22)17-2/h3-5,20H,1-2H3,(H,17,22)(H,18,19,21). The lowest BCUT2D eigenvalue weighted by Gasteiger charge is -2.03. The number of benzene rings is 1. The molecule has 3 N–H and O–H groups in total. The highest BCUT2D eigenvalue weighted by atomic mass is 35.5. The predicted octanol–water partition coefficient (Wildman–Crippen LogP) is 2.68. The van der Waals surface area contributed by atoms with E-state index in [9.17, 15) is 14.7 Å². The Balaban J connectivity index is 2.23. The lowest BCUT2D eigenvalue weighted by molar-refractivity contribution is 0.0966. The SMILES string of the molecule is CNC(=O)c1sc2nc(-c3ccc(O)c(Cl)c3)[nH]c(=O)c2c1C. The van der Waals surface area contributed by atoms with Gasteiger partial charge in [0.25, 0.3) is 11.5 Å². The molecule has 0 saturated heterocycles. The van der Waals surface area contributed by atoms with Gasteiger partial charge in [-0.3, -0.25) is 9.59 Å². The summed E-state index contributed by atoms with van der Waals surface area (Å²) in [5.74, 6) is 0.0287. The van der Waals surface area contributed by atoms with Gasteiger partial charge in [-0.25, -0.2) is 4.98 Å². The molecule has 1 amide bonds. The van der Waals surface area contributed by atoms with E-state index in [0.717, 1.165) is 11.3 Å². The number of aromatic nitrogens is 2. The summed E-state index contributed by atoms with van der Waals surface area (Å²) in [4.78, 5) is 32.3. The Labute approximate surface area is 139 Å². The average Bonchev–Trinajstić information content (AvgIpc) is 2.86. The fraction of sp³-hybridized carbons (Fsp3) is 0.133. The van der Waals surface area contributed by atoms with Crippen molar-refractivity contribution >= 4 is 39.1 Å². The van der Waals surface area contributed by atoms with Crippen molar-refractivity contribution in [1.82, 2.24) is 15.3 Å². The number of hydrogen-bond acceptors (Lipinski definition) is 5. The van der Waals surface area contributed by atoms with Gasteiger partial charge in [-0.05, 0) is 30.7 Å².